The Morgan fingerprint density at radius 3 is 2.54 bits per heavy atom. The Balaban J connectivity index is 1.92. The Morgan fingerprint density at radius 1 is 0.962 bits per heavy atom. The minimum absolute atomic E-state index is 0.340. The molecule has 5 heteroatoms. The van der Waals surface area contributed by atoms with Gasteiger partial charge in [0.05, 0.1) is 12.8 Å². The molecule has 2 aromatic heterocycles. The summed E-state index contributed by atoms with van der Waals surface area (Å²) < 4.78 is 26.9. The lowest BCUT2D eigenvalue weighted by atomic mass is 10.2. The van der Waals surface area contributed by atoms with Crippen molar-refractivity contribution in [2.24, 2.45) is 0 Å². The van der Waals surface area contributed by atoms with Crippen molar-refractivity contribution in [3.8, 4) is 23.2 Å². The van der Waals surface area contributed by atoms with Crippen LogP contribution >= 0.6 is 0 Å². The maximum absolute atomic E-state index is 13.7. The standard InChI is InChI=1S/C21H17FN2O2/c1-14-8-10-16(22)13-18(14)26-20-12-15-9-11-19(25-2)23-21(15)24(20)17-6-4-3-5-7-17/h3-13H,1-2H3. The highest BCUT2D eigenvalue weighted by Crippen LogP contribution is 2.34. The van der Waals surface area contributed by atoms with Gasteiger partial charge in [-0.3, -0.25) is 4.57 Å². The summed E-state index contributed by atoms with van der Waals surface area (Å²) in [6.45, 7) is 1.88. The second-order valence-corrected chi connectivity index (χ2v) is 5.93. The number of hydrogen-bond acceptors (Lipinski definition) is 3. The number of pyridine rings is 1. The minimum Gasteiger partial charge on any atom is -0.481 e. The fourth-order valence-corrected chi connectivity index (χ4v) is 2.85. The molecule has 0 amide bonds. The number of halogens is 1. The van der Waals surface area contributed by atoms with E-state index in [0.29, 0.717) is 23.2 Å². The van der Waals surface area contributed by atoms with Gasteiger partial charge in [-0.15, -0.1) is 0 Å². The third-order valence-corrected chi connectivity index (χ3v) is 4.18. The highest BCUT2D eigenvalue weighted by molar-refractivity contribution is 5.81. The van der Waals surface area contributed by atoms with Crippen molar-refractivity contribution in [1.29, 1.82) is 0 Å². The number of aryl methyl sites for hydroxylation is 1. The number of rotatable bonds is 4. The van der Waals surface area contributed by atoms with Crippen molar-refractivity contribution in [3.05, 3.63) is 78.1 Å². The molecule has 4 rings (SSSR count). The Bertz CT molecular complexity index is 1070. The summed E-state index contributed by atoms with van der Waals surface area (Å²) in [5.41, 5.74) is 2.45. The van der Waals surface area contributed by atoms with E-state index >= 15 is 0 Å². The van der Waals surface area contributed by atoms with E-state index in [4.69, 9.17) is 9.47 Å². The number of nitrogens with zero attached hydrogens (tertiary/aromatic N) is 2. The minimum atomic E-state index is -0.340. The summed E-state index contributed by atoms with van der Waals surface area (Å²) in [7, 11) is 1.58. The Kier molecular flexibility index (Phi) is 4.05. The molecule has 2 heterocycles. The molecule has 0 aliphatic carbocycles. The fourth-order valence-electron chi connectivity index (χ4n) is 2.85. The average molecular weight is 348 g/mol. The molecule has 0 aliphatic heterocycles. The summed E-state index contributed by atoms with van der Waals surface area (Å²) >= 11 is 0. The normalized spacial score (nSPS) is 10.9. The van der Waals surface area contributed by atoms with Gasteiger partial charge >= 0.3 is 0 Å². The van der Waals surface area contributed by atoms with E-state index in [1.165, 1.54) is 12.1 Å². The van der Waals surface area contributed by atoms with Crippen LogP contribution in [0, 0.1) is 12.7 Å². The molecule has 0 unspecified atom stereocenters. The number of aromatic nitrogens is 2. The van der Waals surface area contributed by atoms with Crippen LogP contribution in [0.3, 0.4) is 0 Å². The SMILES string of the molecule is COc1ccc2cc(Oc3cc(F)ccc3C)n(-c3ccccc3)c2n1. The zero-order chi connectivity index (χ0) is 18.1. The second kappa shape index (κ2) is 6.52. The lowest BCUT2D eigenvalue weighted by Gasteiger charge is -2.13. The Labute approximate surface area is 150 Å². The van der Waals surface area contributed by atoms with E-state index in [1.807, 2.05) is 54.0 Å². The molecule has 2 aromatic carbocycles. The molecular formula is C21H17FN2O2. The highest BCUT2D eigenvalue weighted by Gasteiger charge is 2.16. The zero-order valence-electron chi connectivity index (χ0n) is 14.4. The molecule has 4 nitrogen and oxygen atoms in total. The van der Waals surface area contributed by atoms with Crippen molar-refractivity contribution >= 4 is 11.0 Å². The largest absolute Gasteiger partial charge is 0.481 e. The van der Waals surface area contributed by atoms with Crippen molar-refractivity contribution in [2.45, 2.75) is 6.92 Å². The third-order valence-electron chi connectivity index (χ3n) is 4.18. The van der Waals surface area contributed by atoms with Crippen LogP contribution in [0.15, 0.2) is 66.7 Å². The molecule has 0 spiro atoms. The van der Waals surface area contributed by atoms with Crippen LogP contribution in [0.5, 0.6) is 17.5 Å². The molecule has 0 bridgehead atoms. The van der Waals surface area contributed by atoms with Gasteiger partial charge in [-0.05, 0) is 36.8 Å². The van der Waals surface area contributed by atoms with Crippen LogP contribution in [-0.2, 0) is 0 Å². The van der Waals surface area contributed by atoms with E-state index in [9.17, 15) is 4.39 Å². The van der Waals surface area contributed by atoms with Crippen LogP contribution in [0.2, 0.25) is 0 Å². The van der Waals surface area contributed by atoms with Crippen molar-refractivity contribution in [1.82, 2.24) is 9.55 Å². The average Bonchev–Trinajstić information content (AvgIpc) is 3.02. The van der Waals surface area contributed by atoms with Crippen LogP contribution in [0.25, 0.3) is 16.7 Å². The molecular weight excluding hydrogens is 331 g/mol. The number of methoxy groups -OCH3 is 1. The molecule has 0 atom stereocenters. The van der Waals surface area contributed by atoms with E-state index in [1.54, 1.807) is 19.2 Å². The number of para-hydroxylation sites is 1. The van der Waals surface area contributed by atoms with Gasteiger partial charge in [-0.2, -0.15) is 4.98 Å². The molecule has 26 heavy (non-hydrogen) atoms. The first-order valence-electron chi connectivity index (χ1n) is 8.21. The monoisotopic (exact) mass is 348 g/mol. The van der Waals surface area contributed by atoms with Crippen LogP contribution in [0.4, 0.5) is 4.39 Å². The highest BCUT2D eigenvalue weighted by atomic mass is 19.1. The van der Waals surface area contributed by atoms with Crippen LogP contribution in [0.1, 0.15) is 5.56 Å². The molecule has 0 saturated carbocycles. The van der Waals surface area contributed by atoms with Gasteiger partial charge in [0.25, 0.3) is 0 Å². The van der Waals surface area contributed by atoms with Crippen molar-refractivity contribution in [3.63, 3.8) is 0 Å². The molecule has 0 aliphatic rings. The van der Waals surface area contributed by atoms with Gasteiger partial charge in [0.15, 0.2) is 5.65 Å². The first-order valence-corrected chi connectivity index (χ1v) is 8.21. The number of ether oxygens (including phenoxy) is 2. The molecule has 0 fully saturated rings. The topological polar surface area (TPSA) is 36.3 Å². The Hall–Kier alpha value is -3.34. The summed E-state index contributed by atoms with van der Waals surface area (Å²) in [5, 5.41) is 0.902. The molecule has 0 radical (unpaired) electrons. The molecule has 0 N–H and O–H groups in total. The van der Waals surface area contributed by atoms with E-state index in [-0.39, 0.29) is 5.82 Å². The molecule has 0 saturated heterocycles. The molecule has 4 aromatic rings. The van der Waals surface area contributed by atoms with Gasteiger partial charge in [0, 0.05) is 23.6 Å². The van der Waals surface area contributed by atoms with E-state index in [0.717, 1.165) is 16.6 Å². The van der Waals surface area contributed by atoms with Gasteiger partial charge < -0.3 is 9.47 Å². The summed E-state index contributed by atoms with van der Waals surface area (Å²) in [6, 6.07) is 19.9. The summed E-state index contributed by atoms with van der Waals surface area (Å²) in [6.07, 6.45) is 0. The van der Waals surface area contributed by atoms with Crippen molar-refractivity contribution < 1.29 is 13.9 Å². The molecule has 130 valence electrons. The first kappa shape index (κ1) is 16.1. The summed E-state index contributed by atoms with van der Waals surface area (Å²) in [4.78, 5) is 4.56. The number of fused-ring (bicyclic) bond motifs is 1. The second-order valence-electron chi connectivity index (χ2n) is 5.93. The predicted molar refractivity (Wildman–Crippen MR) is 98.8 cm³/mol. The maximum Gasteiger partial charge on any atom is 0.214 e. The predicted octanol–water partition coefficient (Wildman–Crippen LogP) is 5.27. The number of hydrogen-bond donors (Lipinski definition) is 0. The fraction of sp³-hybridized carbons (Fsp3) is 0.0952. The van der Waals surface area contributed by atoms with E-state index in [2.05, 4.69) is 4.98 Å². The van der Waals surface area contributed by atoms with Crippen LogP contribution < -0.4 is 9.47 Å². The smallest absolute Gasteiger partial charge is 0.214 e. The Morgan fingerprint density at radius 2 is 1.77 bits per heavy atom. The third kappa shape index (κ3) is 2.88. The van der Waals surface area contributed by atoms with E-state index < -0.39 is 0 Å². The van der Waals surface area contributed by atoms with Crippen molar-refractivity contribution in [2.75, 3.05) is 7.11 Å². The van der Waals surface area contributed by atoms with Gasteiger partial charge in [-0.1, -0.05) is 24.3 Å². The van der Waals surface area contributed by atoms with Gasteiger partial charge in [-0.25, -0.2) is 4.39 Å². The number of benzene rings is 2. The quantitative estimate of drug-likeness (QED) is 0.504. The van der Waals surface area contributed by atoms with Gasteiger partial charge in [0.2, 0.25) is 11.8 Å². The van der Waals surface area contributed by atoms with Gasteiger partial charge in [0.1, 0.15) is 11.6 Å². The zero-order valence-corrected chi connectivity index (χ0v) is 14.4. The van der Waals surface area contributed by atoms with Crippen LogP contribution in [-0.4, -0.2) is 16.7 Å². The first-order chi connectivity index (χ1) is 12.7. The lowest BCUT2D eigenvalue weighted by Crippen LogP contribution is -2.00. The lowest BCUT2D eigenvalue weighted by molar-refractivity contribution is 0.399. The maximum atomic E-state index is 13.7. The summed E-state index contributed by atoms with van der Waals surface area (Å²) in [5.74, 6) is 1.20.